The van der Waals surface area contributed by atoms with Crippen LogP contribution in [0.4, 0.5) is 10.1 Å². The lowest BCUT2D eigenvalue weighted by molar-refractivity contribution is 0.129. The van der Waals surface area contributed by atoms with Crippen molar-refractivity contribution in [1.29, 1.82) is 0 Å². The third kappa shape index (κ3) is 2.46. The third-order valence-corrected chi connectivity index (χ3v) is 3.19. The van der Waals surface area contributed by atoms with E-state index in [1.54, 1.807) is 12.1 Å². The summed E-state index contributed by atoms with van der Waals surface area (Å²) in [6.45, 7) is 2.23. The van der Waals surface area contributed by atoms with Gasteiger partial charge in [0.25, 0.3) is 0 Å². The number of nitrogen functional groups attached to an aromatic ring is 1. The van der Waals surface area contributed by atoms with E-state index in [-0.39, 0.29) is 11.8 Å². The van der Waals surface area contributed by atoms with Gasteiger partial charge in [-0.25, -0.2) is 4.39 Å². The summed E-state index contributed by atoms with van der Waals surface area (Å²) in [4.78, 5) is 0. The molecule has 0 amide bonds. The SMILES string of the molecule is CC1CCCC(Oc2cccc(F)c2N)C1. The average Bonchev–Trinajstić information content (AvgIpc) is 2.25. The average molecular weight is 223 g/mol. The third-order valence-electron chi connectivity index (χ3n) is 3.19. The van der Waals surface area contributed by atoms with Gasteiger partial charge in [-0.1, -0.05) is 19.4 Å². The van der Waals surface area contributed by atoms with Gasteiger partial charge in [0.2, 0.25) is 0 Å². The highest BCUT2D eigenvalue weighted by atomic mass is 19.1. The normalized spacial score (nSPS) is 25.4. The Balaban J connectivity index is 2.05. The van der Waals surface area contributed by atoms with E-state index < -0.39 is 5.82 Å². The van der Waals surface area contributed by atoms with Crippen LogP contribution in [0.15, 0.2) is 18.2 Å². The van der Waals surface area contributed by atoms with Crippen LogP contribution in [0.5, 0.6) is 5.75 Å². The van der Waals surface area contributed by atoms with Crippen molar-refractivity contribution in [2.75, 3.05) is 5.73 Å². The number of ether oxygens (including phenoxy) is 1. The van der Waals surface area contributed by atoms with Crippen LogP contribution in [0.2, 0.25) is 0 Å². The lowest BCUT2D eigenvalue weighted by atomic mass is 9.89. The van der Waals surface area contributed by atoms with Gasteiger partial charge in [0.1, 0.15) is 17.3 Å². The summed E-state index contributed by atoms with van der Waals surface area (Å²) in [5.74, 6) is 0.772. The van der Waals surface area contributed by atoms with E-state index in [1.807, 2.05) is 0 Å². The molecule has 2 N–H and O–H groups in total. The predicted molar refractivity (Wildman–Crippen MR) is 62.9 cm³/mol. The van der Waals surface area contributed by atoms with Crippen LogP contribution in [0.3, 0.4) is 0 Å². The molecule has 2 atom stereocenters. The van der Waals surface area contributed by atoms with Crippen molar-refractivity contribution < 1.29 is 9.13 Å². The van der Waals surface area contributed by atoms with Gasteiger partial charge < -0.3 is 10.5 Å². The number of anilines is 1. The largest absolute Gasteiger partial charge is 0.488 e. The Kier molecular flexibility index (Phi) is 3.32. The Labute approximate surface area is 95.6 Å². The number of para-hydroxylation sites is 1. The standard InChI is InChI=1S/C13H18FNO/c1-9-4-2-5-10(8-9)16-12-7-3-6-11(14)13(12)15/h3,6-7,9-10H,2,4-5,8,15H2,1H3. The van der Waals surface area contributed by atoms with Crippen LogP contribution in [-0.4, -0.2) is 6.10 Å². The maximum absolute atomic E-state index is 13.2. The van der Waals surface area contributed by atoms with Crippen molar-refractivity contribution in [3.05, 3.63) is 24.0 Å². The highest BCUT2D eigenvalue weighted by Gasteiger charge is 2.21. The Hall–Kier alpha value is -1.25. The van der Waals surface area contributed by atoms with E-state index in [2.05, 4.69) is 6.92 Å². The molecule has 1 aromatic carbocycles. The molecule has 1 aliphatic carbocycles. The van der Waals surface area contributed by atoms with E-state index in [9.17, 15) is 4.39 Å². The second-order valence-electron chi connectivity index (χ2n) is 4.66. The number of benzene rings is 1. The summed E-state index contributed by atoms with van der Waals surface area (Å²) >= 11 is 0. The van der Waals surface area contributed by atoms with Crippen molar-refractivity contribution in [3.8, 4) is 5.75 Å². The Morgan fingerprint density at radius 1 is 1.38 bits per heavy atom. The molecule has 2 rings (SSSR count). The summed E-state index contributed by atoms with van der Waals surface area (Å²) in [6, 6.07) is 4.72. The number of hydrogen-bond acceptors (Lipinski definition) is 2. The summed E-state index contributed by atoms with van der Waals surface area (Å²) in [7, 11) is 0. The first-order chi connectivity index (χ1) is 7.66. The molecule has 16 heavy (non-hydrogen) atoms. The molecular formula is C13H18FNO. The molecule has 2 nitrogen and oxygen atoms in total. The van der Waals surface area contributed by atoms with Crippen LogP contribution in [0, 0.1) is 11.7 Å². The molecular weight excluding hydrogens is 205 g/mol. The smallest absolute Gasteiger partial charge is 0.149 e. The van der Waals surface area contributed by atoms with E-state index in [0.717, 1.165) is 12.8 Å². The topological polar surface area (TPSA) is 35.2 Å². The lowest BCUT2D eigenvalue weighted by Gasteiger charge is -2.27. The zero-order chi connectivity index (χ0) is 11.5. The molecule has 1 saturated carbocycles. The quantitative estimate of drug-likeness (QED) is 0.780. The Bertz CT molecular complexity index is 367. The molecule has 0 bridgehead atoms. The maximum atomic E-state index is 13.2. The van der Waals surface area contributed by atoms with Crippen molar-refractivity contribution in [2.45, 2.75) is 38.7 Å². The first-order valence-corrected chi connectivity index (χ1v) is 5.87. The molecule has 0 aliphatic heterocycles. The molecule has 3 heteroatoms. The molecule has 0 spiro atoms. The Morgan fingerprint density at radius 3 is 2.94 bits per heavy atom. The molecule has 1 fully saturated rings. The first kappa shape index (κ1) is 11.2. The zero-order valence-corrected chi connectivity index (χ0v) is 9.58. The van der Waals surface area contributed by atoms with Gasteiger partial charge in [0, 0.05) is 0 Å². The van der Waals surface area contributed by atoms with Gasteiger partial charge in [-0.05, 0) is 37.3 Å². The van der Waals surface area contributed by atoms with Gasteiger partial charge in [-0.2, -0.15) is 0 Å². The van der Waals surface area contributed by atoms with Gasteiger partial charge in [-0.3, -0.25) is 0 Å². The van der Waals surface area contributed by atoms with E-state index in [1.165, 1.54) is 18.9 Å². The van der Waals surface area contributed by atoms with Crippen molar-refractivity contribution in [1.82, 2.24) is 0 Å². The van der Waals surface area contributed by atoms with Gasteiger partial charge >= 0.3 is 0 Å². The second kappa shape index (κ2) is 4.73. The molecule has 88 valence electrons. The molecule has 0 saturated heterocycles. The lowest BCUT2D eigenvalue weighted by Crippen LogP contribution is -2.24. The molecule has 0 aromatic heterocycles. The molecule has 0 radical (unpaired) electrons. The Morgan fingerprint density at radius 2 is 2.19 bits per heavy atom. The number of halogens is 1. The molecule has 2 unspecified atom stereocenters. The van der Waals surface area contributed by atoms with Crippen LogP contribution in [-0.2, 0) is 0 Å². The summed E-state index contributed by atoms with van der Waals surface area (Å²) in [5, 5.41) is 0. The molecule has 0 heterocycles. The summed E-state index contributed by atoms with van der Waals surface area (Å²) in [5.41, 5.74) is 5.76. The van der Waals surface area contributed by atoms with Crippen LogP contribution in [0.1, 0.15) is 32.6 Å². The van der Waals surface area contributed by atoms with E-state index in [4.69, 9.17) is 10.5 Å². The minimum absolute atomic E-state index is 0.126. The highest BCUT2D eigenvalue weighted by molar-refractivity contribution is 5.53. The van der Waals surface area contributed by atoms with Crippen molar-refractivity contribution in [2.24, 2.45) is 5.92 Å². The summed E-state index contributed by atoms with van der Waals surface area (Å²) in [6.07, 6.45) is 4.71. The fraction of sp³-hybridized carbons (Fsp3) is 0.538. The predicted octanol–water partition coefficient (Wildman–Crippen LogP) is 3.37. The zero-order valence-electron chi connectivity index (χ0n) is 9.58. The highest BCUT2D eigenvalue weighted by Crippen LogP contribution is 2.30. The fourth-order valence-corrected chi connectivity index (χ4v) is 2.29. The minimum atomic E-state index is -0.402. The van der Waals surface area contributed by atoms with Crippen molar-refractivity contribution >= 4 is 5.69 Å². The van der Waals surface area contributed by atoms with Gasteiger partial charge in [0.15, 0.2) is 0 Å². The monoisotopic (exact) mass is 223 g/mol. The maximum Gasteiger partial charge on any atom is 0.149 e. The van der Waals surface area contributed by atoms with Crippen LogP contribution >= 0.6 is 0 Å². The van der Waals surface area contributed by atoms with E-state index in [0.29, 0.717) is 11.7 Å². The fourth-order valence-electron chi connectivity index (χ4n) is 2.29. The summed E-state index contributed by atoms with van der Waals surface area (Å²) < 4.78 is 19.0. The first-order valence-electron chi connectivity index (χ1n) is 5.87. The number of hydrogen-bond donors (Lipinski definition) is 1. The number of nitrogens with two attached hydrogens (primary N) is 1. The van der Waals surface area contributed by atoms with Crippen LogP contribution < -0.4 is 10.5 Å². The number of rotatable bonds is 2. The van der Waals surface area contributed by atoms with Gasteiger partial charge in [-0.15, -0.1) is 0 Å². The van der Waals surface area contributed by atoms with E-state index >= 15 is 0 Å². The van der Waals surface area contributed by atoms with Gasteiger partial charge in [0.05, 0.1) is 6.10 Å². The second-order valence-corrected chi connectivity index (χ2v) is 4.66. The molecule has 1 aromatic rings. The van der Waals surface area contributed by atoms with Crippen molar-refractivity contribution in [3.63, 3.8) is 0 Å². The molecule has 1 aliphatic rings. The van der Waals surface area contributed by atoms with Crippen LogP contribution in [0.25, 0.3) is 0 Å². The minimum Gasteiger partial charge on any atom is -0.488 e.